The van der Waals surface area contributed by atoms with Gasteiger partial charge in [0.25, 0.3) is 0 Å². The fraction of sp³-hybridized carbons (Fsp3) is 0. The van der Waals surface area contributed by atoms with Gasteiger partial charge in [0.1, 0.15) is 22.3 Å². The van der Waals surface area contributed by atoms with Gasteiger partial charge in [0.15, 0.2) is 0 Å². The minimum Gasteiger partial charge on any atom is -0.455 e. The van der Waals surface area contributed by atoms with E-state index in [4.69, 9.17) is 8.83 Å². The van der Waals surface area contributed by atoms with Gasteiger partial charge in [-0.2, -0.15) is 0 Å². The lowest BCUT2D eigenvalue weighted by Crippen LogP contribution is -2.10. The van der Waals surface area contributed by atoms with E-state index < -0.39 is 0 Å². The van der Waals surface area contributed by atoms with Gasteiger partial charge in [-0.05, 0) is 242 Å². The molecule has 0 N–H and O–H groups in total. The molecule has 0 spiro atoms. The third-order valence-corrected chi connectivity index (χ3v) is 24.2. The second-order valence-electron chi connectivity index (χ2n) is 31.1. The first-order valence-electron chi connectivity index (χ1n) is 41.0. The van der Waals surface area contributed by atoms with Gasteiger partial charge in [0, 0.05) is 99.7 Å². The molecule has 0 aliphatic heterocycles. The topological polar surface area (TPSA) is 42.6 Å². The molecule has 4 aromatic heterocycles. The zero-order valence-corrected chi connectivity index (χ0v) is 65.3. The molecule has 0 aliphatic rings. The molecule has 120 heavy (non-hydrogen) atoms. The summed E-state index contributed by atoms with van der Waals surface area (Å²) in [7, 11) is 0. The smallest absolute Gasteiger partial charge is 0.143 e. The molecule has 0 radical (unpaired) electrons. The molecule has 0 bridgehead atoms. The molecule has 0 fully saturated rings. The molecule has 19 aromatic carbocycles. The second-order valence-corrected chi connectivity index (χ2v) is 31.1. The first kappa shape index (κ1) is 69.5. The number of benzene rings is 19. The maximum Gasteiger partial charge on any atom is 0.143 e. The lowest BCUT2D eigenvalue weighted by Gasteiger charge is -2.26. The first-order chi connectivity index (χ1) is 59.5. The zero-order chi connectivity index (χ0) is 79.1. The average Bonchev–Trinajstić information content (AvgIpc) is 1.58. The molecule has 0 saturated carbocycles. The van der Waals surface area contributed by atoms with Crippen molar-refractivity contribution in [1.82, 2.24) is 9.13 Å². The van der Waals surface area contributed by atoms with Crippen LogP contribution in [-0.2, 0) is 0 Å². The predicted octanol–water partition coefficient (Wildman–Crippen LogP) is 32.0. The van der Waals surface area contributed by atoms with Crippen LogP contribution in [-0.4, -0.2) is 9.13 Å². The summed E-state index contributed by atoms with van der Waals surface area (Å²) >= 11 is 0. The van der Waals surface area contributed by atoms with Gasteiger partial charge in [-0.1, -0.05) is 285 Å². The molecule has 6 nitrogen and oxygen atoms in total. The number of furan rings is 2. The van der Waals surface area contributed by atoms with Crippen molar-refractivity contribution >= 4 is 122 Å². The van der Waals surface area contributed by atoms with Gasteiger partial charge in [-0.25, -0.2) is 0 Å². The van der Waals surface area contributed by atoms with E-state index in [1.807, 2.05) is 6.07 Å². The largest absolute Gasteiger partial charge is 0.455 e. The highest BCUT2D eigenvalue weighted by atomic mass is 16.3. The van der Waals surface area contributed by atoms with E-state index in [9.17, 15) is 0 Å². The fourth-order valence-electron chi connectivity index (χ4n) is 18.3. The summed E-state index contributed by atoms with van der Waals surface area (Å²) in [6.07, 6.45) is 0. The monoisotopic (exact) mass is 1530 g/mol. The van der Waals surface area contributed by atoms with Gasteiger partial charge in [-0.15, -0.1) is 0 Å². The van der Waals surface area contributed by atoms with E-state index in [1.165, 1.54) is 49.4 Å². The summed E-state index contributed by atoms with van der Waals surface area (Å²) in [4.78, 5) is 4.71. The summed E-state index contributed by atoms with van der Waals surface area (Å²) in [5.74, 6) is 0. The lowest BCUT2D eigenvalue weighted by molar-refractivity contribution is 0.669. The molecule has 0 amide bonds. The number of hydrogen-bond acceptors (Lipinski definition) is 4. The summed E-state index contributed by atoms with van der Waals surface area (Å²) in [6.45, 7) is 0. The molecule has 0 aliphatic carbocycles. The third-order valence-electron chi connectivity index (χ3n) is 24.2. The predicted molar refractivity (Wildman–Crippen MR) is 503 cm³/mol. The molecule has 562 valence electrons. The Morgan fingerprint density at radius 1 is 0.158 bits per heavy atom. The highest BCUT2D eigenvalue weighted by molar-refractivity contribution is 6.16. The van der Waals surface area contributed by atoms with Gasteiger partial charge < -0.3 is 27.8 Å². The Hall–Kier alpha value is -16.0. The Bertz CT molecular complexity index is 7740. The molecule has 23 rings (SSSR count). The van der Waals surface area contributed by atoms with Crippen LogP contribution in [0.15, 0.2) is 458 Å². The number of rotatable bonds is 16. The van der Waals surface area contributed by atoms with Crippen LogP contribution in [0.4, 0.5) is 34.1 Å². The maximum atomic E-state index is 6.93. The van der Waals surface area contributed by atoms with Gasteiger partial charge in [0.05, 0.1) is 22.1 Å². The van der Waals surface area contributed by atoms with Crippen LogP contribution >= 0.6 is 0 Å². The molecule has 0 atom stereocenters. The highest BCUT2D eigenvalue weighted by Gasteiger charge is 2.24. The summed E-state index contributed by atoms with van der Waals surface area (Å²) in [6, 6.07) is 163. The molecule has 4 heterocycles. The minimum atomic E-state index is 0.859. The van der Waals surface area contributed by atoms with E-state index in [0.717, 1.165) is 173 Å². The van der Waals surface area contributed by atoms with Crippen molar-refractivity contribution in [3.05, 3.63) is 449 Å². The molecule has 23 aromatic rings. The molecule has 0 saturated heterocycles. The van der Waals surface area contributed by atoms with E-state index in [0.29, 0.717) is 0 Å². The second kappa shape index (κ2) is 29.1. The quantitative estimate of drug-likeness (QED) is 0.0967. The summed E-state index contributed by atoms with van der Waals surface area (Å²) in [5, 5.41) is 9.14. The van der Waals surface area contributed by atoms with E-state index in [-0.39, 0.29) is 0 Å². The Balaban J connectivity index is 0.555. The Labute approximate surface area is 694 Å². The summed E-state index contributed by atoms with van der Waals surface area (Å²) < 4.78 is 18.3. The van der Waals surface area contributed by atoms with E-state index in [2.05, 4.69) is 462 Å². The van der Waals surface area contributed by atoms with Crippen LogP contribution in [0.1, 0.15) is 0 Å². The van der Waals surface area contributed by atoms with Crippen LogP contribution < -0.4 is 9.80 Å². The van der Waals surface area contributed by atoms with Crippen molar-refractivity contribution < 1.29 is 8.83 Å². The van der Waals surface area contributed by atoms with Gasteiger partial charge >= 0.3 is 0 Å². The number of hydrogen-bond donors (Lipinski definition) is 0. The Morgan fingerprint density at radius 2 is 0.442 bits per heavy atom. The molecule has 0 unspecified atom stereocenters. The van der Waals surface area contributed by atoms with Crippen molar-refractivity contribution in [3.8, 4) is 100 Å². The van der Waals surface area contributed by atoms with E-state index >= 15 is 0 Å². The highest BCUT2D eigenvalue weighted by Crippen LogP contribution is 2.47. The Kier molecular flexibility index (Phi) is 16.8. The average molecular weight is 1530 g/mol. The first-order valence-corrected chi connectivity index (χ1v) is 41.0. The lowest BCUT2D eigenvalue weighted by atomic mass is 9.93. The van der Waals surface area contributed by atoms with Crippen molar-refractivity contribution in [2.75, 3.05) is 9.80 Å². The zero-order valence-electron chi connectivity index (χ0n) is 65.3. The maximum absolute atomic E-state index is 6.93. The third kappa shape index (κ3) is 12.2. The molecular weight excluding hydrogens is 1460 g/mol. The molecular formula is C114H74N4O2. The summed E-state index contributed by atoms with van der Waals surface area (Å²) in [5.41, 5.74) is 34.8. The minimum absolute atomic E-state index is 0.859. The normalized spacial score (nSPS) is 11.7. The van der Waals surface area contributed by atoms with Crippen molar-refractivity contribution in [2.45, 2.75) is 0 Å². The van der Waals surface area contributed by atoms with Crippen LogP contribution in [0.3, 0.4) is 0 Å². The molecule has 6 heteroatoms. The van der Waals surface area contributed by atoms with Crippen molar-refractivity contribution in [2.24, 2.45) is 0 Å². The van der Waals surface area contributed by atoms with Crippen LogP contribution in [0.25, 0.3) is 188 Å². The van der Waals surface area contributed by atoms with E-state index in [1.54, 1.807) is 0 Å². The number of anilines is 6. The Morgan fingerprint density at radius 3 is 0.883 bits per heavy atom. The number of fused-ring (bicyclic) bond motifs is 12. The number of para-hydroxylation sites is 5. The van der Waals surface area contributed by atoms with Crippen molar-refractivity contribution in [1.29, 1.82) is 0 Å². The van der Waals surface area contributed by atoms with Crippen LogP contribution in [0, 0.1) is 0 Å². The van der Waals surface area contributed by atoms with Gasteiger partial charge in [0.2, 0.25) is 0 Å². The van der Waals surface area contributed by atoms with Crippen LogP contribution in [0.5, 0.6) is 0 Å². The van der Waals surface area contributed by atoms with Crippen molar-refractivity contribution in [3.63, 3.8) is 0 Å². The van der Waals surface area contributed by atoms with Gasteiger partial charge in [-0.3, -0.25) is 0 Å². The number of nitrogens with zero attached hydrogens (tertiary/aromatic N) is 4. The SMILES string of the molecule is c1ccc(-c2ccc(N(c3ccc(-c4ccccc4)cc3)c3ccc(-c4ccc(-n5c6ccccc6c6cc(-c7cc(-c8cccc(-c9ccc(N(c%10ccc(-c%11ccccc%11)cc%10)c%10ccc(-n%11c%12ccccc%12c%12cc(-c%13cccc%14c%13oc%13ccccc%13%14)ccc%12%11)cc%10)cc9)c8)cc8c7oc7ccccc78)ccc65)cc4)cc3)cc2)cc1. The number of aromatic nitrogens is 2. The van der Waals surface area contributed by atoms with Crippen LogP contribution in [0.2, 0.25) is 0 Å². The fourth-order valence-corrected chi connectivity index (χ4v) is 18.3. The standard InChI is InChI=1S/C114H74N4O2/c1-4-20-75(21-5-1)78-38-52-89(53-39-78)115(90-54-40-79(41-55-90)76-22-6-2-7-23-76)91-58-44-81(45-59-91)82-46-62-95(63-47-82)117-107-34-14-11-29-99(107)105-72-87(51-69-110(105)117)103-73-88(74-106-101-31-13-17-37-112(101)120-114(103)106)85-27-18-26-84(70-85)83-48-60-93(61-49-83)116(92-56-42-80(43-57-92)77-24-8-3-9-25-77)94-64-66-96(67-65-94)118-108-35-15-10-28-98(108)104-71-86(50-68-109(104)118)97-32-19-33-102-100-30-12-16-36-111(100)119-113(97)102/h1-74H.